The zero-order chi connectivity index (χ0) is 30.8. The SMILES string of the molecule is COCCn1c(=O)n(C(C)c2ccccc2)c(=O)c2c1nc(C(C)C)n2Cc1ccc(-c2ccccc2-c2nn[nH]n2)cc1. The number of aromatic nitrogens is 8. The molecule has 0 amide bonds. The molecule has 44 heavy (non-hydrogen) atoms. The molecule has 1 atom stereocenters. The van der Waals surface area contributed by atoms with Gasteiger partial charge in [0.1, 0.15) is 5.82 Å². The Morgan fingerprint density at radius 1 is 0.864 bits per heavy atom. The molecular formula is C33H34N8O3. The lowest BCUT2D eigenvalue weighted by atomic mass is 9.98. The third kappa shape index (κ3) is 5.26. The lowest BCUT2D eigenvalue weighted by Crippen LogP contribution is -2.43. The van der Waals surface area contributed by atoms with Crippen molar-refractivity contribution in [1.82, 2.24) is 39.3 Å². The molecule has 0 saturated carbocycles. The second kappa shape index (κ2) is 12.2. The van der Waals surface area contributed by atoms with Crippen LogP contribution in [0.1, 0.15) is 49.7 Å². The van der Waals surface area contributed by atoms with Crippen molar-refractivity contribution in [3.05, 3.63) is 117 Å². The summed E-state index contributed by atoms with van der Waals surface area (Å²) < 4.78 is 10.2. The smallest absolute Gasteiger partial charge is 0.333 e. The average Bonchev–Trinajstić information content (AvgIpc) is 3.71. The maximum absolute atomic E-state index is 14.3. The average molecular weight is 591 g/mol. The lowest BCUT2D eigenvalue weighted by molar-refractivity contribution is 0.186. The van der Waals surface area contributed by atoms with E-state index in [0.29, 0.717) is 30.1 Å². The van der Waals surface area contributed by atoms with Crippen molar-refractivity contribution in [3.8, 4) is 22.5 Å². The van der Waals surface area contributed by atoms with Gasteiger partial charge in [0.2, 0.25) is 5.82 Å². The zero-order valence-electron chi connectivity index (χ0n) is 25.1. The van der Waals surface area contributed by atoms with Gasteiger partial charge in [-0.3, -0.25) is 13.9 Å². The molecule has 6 aromatic rings. The highest BCUT2D eigenvalue weighted by Gasteiger charge is 2.25. The fourth-order valence-corrected chi connectivity index (χ4v) is 5.66. The quantitative estimate of drug-likeness (QED) is 0.247. The third-order valence-corrected chi connectivity index (χ3v) is 7.92. The van der Waals surface area contributed by atoms with E-state index in [4.69, 9.17) is 9.72 Å². The Hall–Kier alpha value is -5.16. The van der Waals surface area contributed by atoms with Crippen LogP contribution in [0, 0.1) is 0 Å². The molecule has 3 aromatic heterocycles. The number of tetrazole rings is 1. The molecule has 11 heteroatoms. The van der Waals surface area contributed by atoms with Crippen molar-refractivity contribution in [2.24, 2.45) is 0 Å². The second-order valence-electron chi connectivity index (χ2n) is 11.0. The van der Waals surface area contributed by atoms with E-state index in [9.17, 15) is 9.59 Å². The van der Waals surface area contributed by atoms with Crippen LogP contribution >= 0.6 is 0 Å². The molecule has 0 aliphatic heterocycles. The number of benzene rings is 3. The first-order valence-corrected chi connectivity index (χ1v) is 14.6. The van der Waals surface area contributed by atoms with Crippen LogP contribution in [0.25, 0.3) is 33.7 Å². The van der Waals surface area contributed by atoms with E-state index in [2.05, 4.69) is 20.6 Å². The summed E-state index contributed by atoms with van der Waals surface area (Å²) in [5, 5.41) is 14.5. The number of H-pyrrole nitrogens is 1. The van der Waals surface area contributed by atoms with E-state index in [-0.39, 0.29) is 18.0 Å². The van der Waals surface area contributed by atoms with E-state index < -0.39 is 11.7 Å². The molecule has 0 aliphatic carbocycles. The second-order valence-corrected chi connectivity index (χ2v) is 11.0. The summed E-state index contributed by atoms with van der Waals surface area (Å²) in [5.74, 6) is 1.27. The van der Waals surface area contributed by atoms with Gasteiger partial charge in [-0.2, -0.15) is 5.21 Å². The van der Waals surface area contributed by atoms with Crippen LogP contribution in [0.15, 0.2) is 88.5 Å². The minimum absolute atomic E-state index is 0.00823. The largest absolute Gasteiger partial charge is 0.383 e. The Kier molecular flexibility index (Phi) is 8.03. The summed E-state index contributed by atoms with van der Waals surface area (Å²) in [7, 11) is 1.59. The number of nitrogens with one attached hydrogen (secondary N) is 1. The molecule has 6 rings (SSSR count). The molecule has 1 N–H and O–H groups in total. The first-order chi connectivity index (χ1) is 21.4. The van der Waals surface area contributed by atoms with Crippen LogP contribution < -0.4 is 11.2 Å². The molecule has 0 spiro atoms. The van der Waals surface area contributed by atoms with E-state index in [1.54, 1.807) is 11.7 Å². The van der Waals surface area contributed by atoms with Gasteiger partial charge < -0.3 is 9.30 Å². The number of nitrogens with zero attached hydrogens (tertiary/aromatic N) is 7. The van der Waals surface area contributed by atoms with Crippen LogP contribution in [0.5, 0.6) is 0 Å². The molecule has 11 nitrogen and oxygen atoms in total. The van der Waals surface area contributed by atoms with Crippen molar-refractivity contribution in [3.63, 3.8) is 0 Å². The molecular weight excluding hydrogens is 556 g/mol. The van der Waals surface area contributed by atoms with E-state index >= 15 is 0 Å². The van der Waals surface area contributed by atoms with Gasteiger partial charge >= 0.3 is 5.69 Å². The van der Waals surface area contributed by atoms with Crippen molar-refractivity contribution >= 4 is 11.2 Å². The highest BCUT2D eigenvalue weighted by atomic mass is 16.5. The molecule has 0 fully saturated rings. The molecule has 3 aromatic carbocycles. The Morgan fingerprint density at radius 2 is 1.57 bits per heavy atom. The molecule has 1 unspecified atom stereocenters. The Morgan fingerprint density at radius 3 is 2.23 bits per heavy atom. The van der Waals surface area contributed by atoms with Gasteiger partial charge in [-0.05, 0) is 34.4 Å². The summed E-state index contributed by atoms with van der Waals surface area (Å²) in [6, 6.07) is 25.2. The first kappa shape index (κ1) is 28.9. The van der Waals surface area contributed by atoms with E-state index in [1.165, 1.54) is 4.57 Å². The number of ether oxygens (including phenoxy) is 1. The molecule has 0 saturated heterocycles. The van der Waals surface area contributed by atoms with E-state index in [1.807, 2.05) is 104 Å². The summed E-state index contributed by atoms with van der Waals surface area (Å²) in [4.78, 5) is 33.0. The van der Waals surface area contributed by atoms with Crippen LogP contribution in [-0.4, -0.2) is 53.0 Å². The number of aromatic amines is 1. The highest BCUT2D eigenvalue weighted by molar-refractivity contribution is 5.80. The molecule has 0 bridgehead atoms. The number of imidazole rings is 1. The van der Waals surface area contributed by atoms with Gasteiger partial charge in [-0.25, -0.2) is 9.78 Å². The monoisotopic (exact) mass is 590 g/mol. The van der Waals surface area contributed by atoms with Crippen LogP contribution in [0.2, 0.25) is 0 Å². The van der Waals surface area contributed by atoms with Gasteiger partial charge in [0.25, 0.3) is 5.56 Å². The third-order valence-electron chi connectivity index (χ3n) is 7.92. The summed E-state index contributed by atoms with van der Waals surface area (Å²) in [6.07, 6.45) is 0. The first-order valence-electron chi connectivity index (χ1n) is 14.6. The lowest BCUT2D eigenvalue weighted by Gasteiger charge is -2.18. The van der Waals surface area contributed by atoms with Crippen LogP contribution in [0.3, 0.4) is 0 Å². The van der Waals surface area contributed by atoms with Gasteiger partial charge in [-0.1, -0.05) is 92.7 Å². The van der Waals surface area contributed by atoms with Crippen molar-refractivity contribution in [2.45, 2.75) is 45.8 Å². The maximum atomic E-state index is 14.3. The number of rotatable bonds is 10. The van der Waals surface area contributed by atoms with Crippen molar-refractivity contribution in [1.29, 1.82) is 0 Å². The molecule has 0 radical (unpaired) electrons. The predicted molar refractivity (Wildman–Crippen MR) is 169 cm³/mol. The summed E-state index contributed by atoms with van der Waals surface area (Å²) in [6.45, 7) is 6.95. The van der Waals surface area contributed by atoms with Gasteiger partial charge in [0.15, 0.2) is 11.2 Å². The Labute approximate surface area is 253 Å². The normalized spacial score (nSPS) is 12.3. The molecule has 3 heterocycles. The molecule has 224 valence electrons. The fraction of sp³-hybridized carbons (Fsp3) is 0.273. The number of fused-ring (bicyclic) bond motifs is 1. The fourth-order valence-electron chi connectivity index (χ4n) is 5.66. The van der Waals surface area contributed by atoms with Crippen LogP contribution in [0.4, 0.5) is 0 Å². The van der Waals surface area contributed by atoms with Crippen molar-refractivity contribution in [2.75, 3.05) is 13.7 Å². The minimum atomic E-state index is -0.473. The highest BCUT2D eigenvalue weighted by Crippen LogP contribution is 2.30. The predicted octanol–water partition coefficient (Wildman–Crippen LogP) is 4.63. The van der Waals surface area contributed by atoms with Gasteiger partial charge in [0.05, 0.1) is 19.2 Å². The minimum Gasteiger partial charge on any atom is -0.383 e. The summed E-state index contributed by atoms with van der Waals surface area (Å²) >= 11 is 0. The zero-order valence-corrected chi connectivity index (χ0v) is 25.1. The van der Waals surface area contributed by atoms with Crippen molar-refractivity contribution < 1.29 is 4.74 Å². The number of hydrogen-bond acceptors (Lipinski definition) is 7. The van der Waals surface area contributed by atoms with Gasteiger partial charge in [-0.15, -0.1) is 10.2 Å². The topological polar surface area (TPSA) is 126 Å². The number of hydrogen-bond donors (Lipinski definition) is 1. The summed E-state index contributed by atoms with van der Waals surface area (Å²) in [5.41, 5.74) is 4.73. The molecule has 0 aliphatic rings. The maximum Gasteiger partial charge on any atom is 0.333 e. The van der Waals surface area contributed by atoms with Crippen LogP contribution in [-0.2, 0) is 17.8 Å². The Balaban J connectivity index is 1.47. The van der Waals surface area contributed by atoms with Gasteiger partial charge in [0, 0.05) is 25.1 Å². The standard InChI is InChI=1S/C33H34N8O3/c1-21(2)30-34-31-28(32(42)41(33(43)39(31)18-19-44-4)22(3)24-10-6-5-7-11-24)40(30)20-23-14-16-25(17-15-23)26-12-8-9-13-27(26)29-35-37-38-36-29/h5-17,21-22H,18-20H2,1-4H3,(H,35,36,37,38). The Bertz CT molecular complexity index is 2010. The number of methoxy groups -OCH3 is 1. The van der Waals surface area contributed by atoms with E-state index in [0.717, 1.165) is 33.6 Å².